The van der Waals surface area contributed by atoms with Gasteiger partial charge in [-0.3, -0.25) is 14.8 Å². The Bertz CT molecular complexity index is 1450. The van der Waals surface area contributed by atoms with Crippen LogP contribution in [0.5, 0.6) is 0 Å². The Morgan fingerprint density at radius 1 is 1.15 bits per heavy atom. The molecule has 0 saturated heterocycles. The number of anilines is 2. The van der Waals surface area contributed by atoms with Crippen molar-refractivity contribution in [2.45, 2.75) is 20.4 Å². The maximum Gasteiger partial charge on any atom is 0.283 e. The number of nitrogens with one attached hydrogen (secondary N) is 2. The minimum atomic E-state index is -0.627. The molecule has 0 saturated carbocycles. The van der Waals surface area contributed by atoms with Gasteiger partial charge in [-0.2, -0.15) is 0 Å². The summed E-state index contributed by atoms with van der Waals surface area (Å²) in [5.41, 5.74) is 1.52. The first-order valence-corrected chi connectivity index (χ1v) is 10.4. The molecule has 1 aromatic carbocycles. The molecular formula is C22H22FN9O. The summed E-state index contributed by atoms with van der Waals surface area (Å²) < 4.78 is 15.8. The molecule has 5 aromatic rings. The van der Waals surface area contributed by atoms with Crippen LogP contribution in [0, 0.1) is 5.82 Å². The molecular weight excluding hydrogens is 425 g/mol. The van der Waals surface area contributed by atoms with Crippen molar-refractivity contribution >= 4 is 33.6 Å². The number of nitrogens with zero attached hydrogens (tertiary/aromatic N) is 7. The second-order valence-corrected chi connectivity index (χ2v) is 6.69. The van der Waals surface area contributed by atoms with Crippen LogP contribution in [-0.4, -0.2) is 41.6 Å². The van der Waals surface area contributed by atoms with Gasteiger partial charge in [0.2, 0.25) is 0 Å². The highest BCUT2D eigenvalue weighted by atomic mass is 19.1. The zero-order valence-electron chi connectivity index (χ0n) is 18.3. The van der Waals surface area contributed by atoms with Gasteiger partial charge in [0.1, 0.15) is 23.0 Å². The lowest BCUT2D eigenvalue weighted by Crippen LogP contribution is -2.39. The third kappa shape index (κ3) is 4.07. The van der Waals surface area contributed by atoms with Crippen molar-refractivity contribution in [1.82, 2.24) is 34.6 Å². The summed E-state index contributed by atoms with van der Waals surface area (Å²) in [5.74, 6) is 0.241. The van der Waals surface area contributed by atoms with Gasteiger partial charge in [-0.25, -0.2) is 29.0 Å². The second-order valence-electron chi connectivity index (χ2n) is 6.69. The molecule has 5 rings (SSSR count). The number of aromatic amines is 1. The first kappa shape index (κ1) is 21.8. The van der Waals surface area contributed by atoms with Crippen molar-refractivity contribution in [3.05, 3.63) is 77.4 Å². The molecule has 0 aliphatic heterocycles. The van der Waals surface area contributed by atoms with E-state index in [1.165, 1.54) is 29.5 Å². The highest BCUT2D eigenvalue weighted by Gasteiger charge is 2.18. The van der Waals surface area contributed by atoms with Crippen LogP contribution in [0.1, 0.15) is 19.7 Å². The first-order chi connectivity index (χ1) is 16.1. The lowest BCUT2D eigenvalue weighted by molar-refractivity contribution is 0.628. The van der Waals surface area contributed by atoms with E-state index in [2.05, 4.69) is 35.2 Å². The van der Waals surface area contributed by atoms with Gasteiger partial charge in [-0.05, 0) is 24.3 Å². The summed E-state index contributed by atoms with van der Waals surface area (Å²) in [6.45, 7) is 4.14. The van der Waals surface area contributed by atoms with Crippen LogP contribution >= 0.6 is 0 Å². The maximum absolute atomic E-state index is 14.5. The summed E-state index contributed by atoms with van der Waals surface area (Å²) in [6.07, 6.45) is 6.15. The molecule has 0 aliphatic rings. The Kier molecular flexibility index (Phi) is 6.20. The van der Waals surface area contributed by atoms with Crippen LogP contribution in [0.15, 0.2) is 60.2 Å². The molecule has 10 nitrogen and oxygen atoms in total. The lowest BCUT2D eigenvalue weighted by Gasteiger charge is -2.24. The SMILES string of the molecule is CC.CN(c1cccnc1)n1c(CNc2ncnc3nc[nH]c23)nc2cccc(F)c2c1=O. The lowest BCUT2D eigenvalue weighted by atomic mass is 10.2. The highest BCUT2D eigenvalue weighted by Crippen LogP contribution is 2.18. The highest BCUT2D eigenvalue weighted by molar-refractivity contribution is 5.82. The number of hydrogen-bond acceptors (Lipinski definition) is 8. The van der Waals surface area contributed by atoms with Gasteiger partial charge in [0, 0.05) is 13.2 Å². The van der Waals surface area contributed by atoms with Crippen LogP contribution in [0.25, 0.3) is 22.1 Å². The number of H-pyrrole nitrogens is 1. The molecule has 0 fully saturated rings. The van der Waals surface area contributed by atoms with Crippen molar-refractivity contribution in [2.75, 3.05) is 17.4 Å². The smallest absolute Gasteiger partial charge is 0.283 e. The predicted molar refractivity (Wildman–Crippen MR) is 124 cm³/mol. The molecule has 4 aromatic heterocycles. The van der Waals surface area contributed by atoms with E-state index in [9.17, 15) is 9.18 Å². The quantitative estimate of drug-likeness (QED) is 0.422. The first-order valence-electron chi connectivity index (χ1n) is 10.4. The van der Waals surface area contributed by atoms with E-state index in [0.717, 1.165) is 0 Å². The Balaban J connectivity index is 0.00000126. The Morgan fingerprint density at radius 2 is 2.00 bits per heavy atom. The third-order valence-corrected chi connectivity index (χ3v) is 4.85. The average molecular weight is 447 g/mol. The molecule has 0 unspecified atom stereocenters. The maximum atomic E-state index is 14.5. The number of imidazole rings is 1. The van der Waals surface area contributed by atoms with Gasteiger partial charge in [0.25, 0.3) is 5.56 Å². The number of pyridine rings is 1. The number of hydrogen-bond donors (Lipinski definition) is 2. The summed E-state index contributed by atoms with van der Waals surface area (Å²) >= 11 is 0. The predicted octanol–water partition coefficient (Wildman–Crippen LogP) is 3.13. The fraction of sp³-hybridized carbons (Fsp3) is 0.182. The van der Waals surface area contributed by atoms with Crippen molar-refractivity contribution in [3.63, 3.8) is 0 Å². The average Bonchev–Trinajstić information content (AvgIpc) is 3.34. The monoisotopic (exact) mass is 447 g/mol. The second kappa shape index (κ2) is 9.39. The van der Waals surface area contributed by atoms with Gasteiger partial charge < -0.3 is 10.3 Å². The molecule has 0 bridgehead atoms. The minimum Gasteiger partial charge on any atom is -0.361 e. The van der Waals surface area contributed by atoms with Gasteiger partial charge in [0.05, 0.1) is 30.3 Å². The molecule has 0 atom stereocenters. The summed E-state index contributed by atoms with van der Waals surface area (Å²) in [4.78, 5) is 37.4. The Labute approximate surface area is 188 Å². The molecule has 0 amide bonds. The van der Waals surface area contributed by atoms with Crippen molar-refractivity contribution in [3.8, 4) is 0 Å². The van der Waals surface area contributed by atoms with Crippen molar-refractivity contribution < 1.29 is 4.39 Å². The number of halogens is 1. The van der Waals surface area contributed by atoms with Gasteiger partial charge in [-0.15, -0.1) is 0 Å². The summed E-state index contributed by atoms with van der Waals surface area (Å²) in [7, 11) is 1.69. The van der Waals surface area contributed by atoms with E-state index < -0.39 is 11.4 Å². The standard InChI is InChI=1S/C20H16FN9O.C2H6/c1-29(12-4-3-7-22-8-12)30-15(28-14-6-2-5-13(21)16(14)20(30)31)9-23-18-17-19(25-10-24-17)27-11-26-18;1-2/h2-8,10-11H,9H2,1H3,(H2,23,24,25,26,27);1-2H3. The van der Waals surface area contributed by atoms with Crippen LogP contribution in [0.3, 0.4) is 0 Å². The fourth-order valence-corrected chi connectivity index (χ4v) is 3.37. The van der Waals surface area contributed by atoms with Crippen molar-refractivity contribution in [1.29, 1.82) is 0 Å². The molecule has 33 heavy (non-hydrogen) atoms. The fourth-order valence-electron chi connectivity index (χ4n) is 3.37. The Morgan fingerprint density at radius 3 is 2.79 bits per heavy atom. The molecule has 4 heterocycles. The zero-order valence-corrected chi connectivity index (χ0v) is 18.3. The molecule has 11 heteroatoms. The van der Waals surface area contributed by atoms with E-state index in [-0.39, 0.29) is 17.4 Å². The Hall–Kier alpha value is -4.41. The largest absolute Gasteiger partial charge is 0.361 e. The summed E-state index contributed by atoms with van der Waals surface area (Å²) in [5, 5.41) is 4.66. The molecule has 0 aliphatic carbocycles. The molecule has 168 valence electrons. The van der Waals surface area contributed by atoms with Gasteiger partial charge in [0.15, 0.2) is 17.3 Å². The van der Waals surface area contributed by atoms with Crippen molar-refractivity contribution in [2.24, 2.45) is 0 Å². The summed E-state index contributed by atoms with van der Waals surface area (Å²) in [6, 6.07) is 7.92. The van der Waals surface area contributed by atoms with Crippen LogP contribution in [-0.2, 0) is 6.54 Å². The number of benzene rings is 1. The van der Waals surface area contributed by atoms with E-state index >= 15 is 0 Å². The number of fused-ring (bicyclic) bond motifs is 2. The van der Waals surface area contributed by atoms with E-state index in [1.54, 1.807) is 42.6 Å². The van der Waals surface area contributed by atoms with Crippen LogP contribution < -0.4 is 15.9 Å². The van der Waals surface area contributed by atoms with Crippen LogP contribution in [0.2, 0.25) is 0 Å². The molecule has 0 spiro atoms. The minimum absolute atomic E-state index is 0.0833. The van der Waals surface area contributed by atoms with E-state index in [1.807, 2.05) is 13.8 Å². The number of aromatic nitrogens is 7. The zero-order chi connectivity index (χ0) is 23.4. The van der Waals surface area contributed by atoms with E-state index in [4.69, 9.17) is 0 Å². The number of rotatable bonds is 5. The normalized spacial score (nSPS) is 10.7. The van der Waals surface area contributed by atoms with Gasteiger partial charge >= 0.3 is 0 Å². The molecule has 2 N–H and O–H groups in total. The van der Waals surface area contributed by atoms with E-state index in [0.29, 0.717) is 28.5 Å². The molecule has 0 radical (unpaired) electrons. The van der Waals surface area contributed by atoms with Gasteiger partial charge in [-0.1, -0.05) is 19.9 Å². The third-order valence-electron chi connectivity index (χ3n) is 4.85. The van der Waals surface area contributed by atoms with Crippen LogP contribution in [0.4, 0.5) is 15.9 Å². The topological polar surface area (TPSA) is 118 Å².